The Morgan fingerprint density at radius 3 is 2.45 bits per heavy atom. The lowest BCUT2D eigenvalue weighted by Crippen LogP contribution is -2.46. The lowest BCUT2D eigenvalue weighted by molar-refractivity contribution is -0.144. The molecule has 2 aromatic rings. The molecule has 0 bridgehead atoms. The van der Waals surface area contributed by atoms with Gasteiger partial charge in [-0.2, -0.15) is 0 Å². The van der Waals surface area contributed by atoms with Crippen LogP contribution in [-0.2, 0) is 20.9 Å². The van der Waals surface area contributed by atoms with Gasteiger partial charge in [0, 0.05) is 37.0 Å². The van der Waals surface area contributed by atoms with Gasteiger partial charge < -0.3 is 20.1 Å². The van der Waals surface area contributed by atoms with Crippen molar-refractivity contribution in [3.05, 3.63) is 65.7 Å². The van der Waals surface area contributed by atoms with E-state index in [0.717, 1.165) is 23.0 Å². The van der Waals surface area contributed by atoms with Gasteiger partial charge >= 0.3 is 5.97 Å². The molecule has 0 aliphatic heterocycles. The molecule has 166 valence electrons. The molecule has 0 spiro atoms. The molecule has 0 saturated heterocycles. The second-order valence-electron chi connectivity index (χ2n) is 7.34. The van der Waals surface area contributed by atoms with Crippen LogP contribution in [-0.4, -0.2) is 54.6 Å². The number of aliphatic carboxylic acids is 1. The quantitative estimate of drug-likeness (QED) is 0.550. The van der Waals surface area contributed by atoms with Crippen molar-refractivity contribution in [2.45, 2.75) is 19.6 Å². The Morgan fingerprint density at radius 2 is 1.81 bits per heavy atom. The number of nitrogens with one attached hydrogen (secondary N) is 1. The molecule has 0 aliphatic rings. The number of nitrogens with zero attached hydrogens (tertiary/aromatic N) is 1. The highest BCUT2D eigenvalue weighted by Crippen LogP contribution is 2.16. The zero-order valence-corrected chi connectivity index (χ0v) is 18.7. The lowest BCUT2D eigenvalue weighted by atomic mass is 10.2. The Hall–Kier alpha value is -2.84. The summed E-state index contributed by atoms with van der Waals surface area (Å²) in [5, 5.41) is 11.8. The van der Waals surface area contributed by atoms with Gasteiger partial charge in [0.1, 0.15) is 0 Å². The summed E-state index contributed by atoms with van der Waals surface area (Å²) in [7, 11) is 3.87. The highest BCUT2D eigenvalue weighted by Gasteiger charge is 2.24. The number of amides is 1. The third-order valence-corrected chi connectivity index (χ3v) is 5.68. The molecule has 2 rings (SSSR count). The first-order valence-electron chi connectivity index (χ1n) is 9.87. The molecular formula is C23H28N2O5S. The molecule has 0 saturated carbocycles. The van der Waals surface area contributed by atoms with E-state index in [9.17, 15) is 19.5 Å². The largest absolute Gasteiger partial charge is 0.480 e. The number of carbonyl (C=O) groups excluding carboxylic acids is 2. The van der Waals surface area contributed by atoms with E-state index in [0.29, 0.717) is 5.56 Å². The van der Waals surface area contributed by atoms with Crippen LogP contribution in [0.4, 0.5) is 5.69 Å². The van der Waals surface area contributed by atoms with Crippen LogP contribution in [0.3, 0.4) is 0 Å². The Morgan fingerprint density at radius 1 is 1.10 bits per heavy atom. The van der Waals surface area contributed by atoms with E-state index in [1.807, 2.05) is 49.3 Å². The van der Waals surface area contributed by atoms with Gasteiger partial charge in [-0.15, -0.1) is 0 Å². The minimum absolute atomic E-state index is 0.127. The minimum Gasteiger partial charge on any atom is -0.480 e. The third-order valence-electron chi connectivity index (χ3n) is 4.52. The number of anilines is 1. The lowest BCUT2D eigenvalue weighted by Gasteiger charge is -2.18. The van der Waals surface area contributed by atoms with E-state index in [1.54, 1.807) is 31.2 Å². The molecule has 31 heavy (non-hydrogen) atoms. The van der Waals surface area contributed by atoms with E-state index in [-0.39, 0.29) is 24.1 Å². The summed E-state index contributed by atoms with van der Waals surface area (Å²) in [5.74, 6) is -1.88. The van der Waals surface area contributed by atoms with Gasteiger partial charge in [-0.3, -0.25) is 9.59 Å². The number of rotatable bonds is 11. The fraction of sp³-hybridized carbons (Fsp3) is 0.348. The summed E-state index contributed by atoms with van der Waals surface area (Å²) in [6, 6.07) is 15.4. The Bertz CT molecular complexity index is 889. The fourth-order valence-corrected chi connectivity index (χ4v) is 3.50. The molecular weight excluding hydrogens is 416 g/mol. The van der Waals surface area contributed by atoms with Crippen LogP contribution in [0.25, 0.3) is 0 Å². The van der Waals surface area contributed by atoms with Crippen molar-refractivity contribution in [1.29, 1.82) is 0 Å². The smallest absolute Gasteiger partial charge is 0.328 e. The van der Waals surface area contributed by atoms with Crippen LogP contribution in [0.1, 0.15) is 22.8 Å². The van der Waals surface area contributed by atoms with Crippen LogP contribution < -0.4 is 10.2 Å². The molecule has 2 atom stereocenters. The van der Waals surface area contributed by atoms with Gasteiger partial charge in [0.05, 0.1) is 13.2 Å². The molecule has 0 radical (unpaired) electrons. The number of ether oxygens (including phenoxy) is 1. The molecule has 0 fully saturated rings. The predicted octanol–water partition coefficient (Wildman–Crippen LogP) is 3.05. The zero-order chi connectivity index (χ0) is 22.8. The number of thioether (sulfide) groups is 1. The molecule has 2 N–H and O–H groups in total. The first kappa shape index (κ1) is 24.4. The normalized spacial score (nSPS) is 12.6. The van der Waals surface area contributed by atoms with Crippen LogP contribution in [0.15, 0.2) is 54.6 Å². The maximum atomic E-state index is 12.4. The van der Waals surface area contributed by atoms with Crippen LogP contribution in [0, 0.1) is 5.92 Å². The number of carboxylic acid groups (broad SMARTS) is 1. The van der Waals surface area contributed by atoms with Crippen molar-refractivity contribution in [2.24, 2.45) is 5.92 Å². The van der Waals surface area contributed by atoms with Crippen LogP contribution >= 0.6 is 11.8 Å². The highest BCUT2D eigenvalue weighted by molar-refractivity contribution is 8.14. The average molecular weight is 445 g/mol. The molecule has 7 nitrogen and oxygen atoms in total. The number of benzene rings is 2. The number of hydrogen-bond acceptors (Lipinski definition) is 6. The molecule has 0 unspecified atom stereocenters. The molecule has 0 aromatic heterocycles. The zero-order valence-electron chi connectivity index (χ0n) is 17.9. The molecule has 1 amide bonds. The summed E-state index contributed by atoms with van der Waals surface area (Å²) in [6.07, 6.45) is 0. The van der Waals surface area contributed by atoms with Crippen molar-refractivity contribution in [2.75, 3.05) is 31.4 Å². The van der Waals surface area contributed by atoms with Crippen molar-refractivity contribution < 1.29 is 24.2 Å². The summed E-state index contributed by atoms with van der Waals surface area (Å²) in [5.41, 5.74) is 2.49. The molecule has 0 aliphatic carbocycles. The van der Waals surface area contributed by atoms with E-state index in [2.05, 4.69) is 5.32 Å². The van der Waals surface area contributed by atoms with E-state index in [4.69, 9.17) is 4.74 Å². The Balaban J connectivity index is 1.82. The average Bonchev–Trinajstić information content (AvgIpc) is 2.77. The van der Waals surface area contributed by atoms with Crippen molar-refractivity contribution in [1.82, 2.24) is 5.32 Å². The van der Waals surface area contributed by atoms with Gasteiger partial charge in [-0.1, -0.05) is 61.2 Å². The number of carbonyl (C=O) groups is 3. The number of carboxylic acids is 1. The van der Waals surface area contributed by atoms with Gasteiger partial charge in [0.2, 0.25) is 11.0 Å². The summed E-state index contributed by atoms with van der Waals surface area (Å²) >= 11 is 1.04. The van der Waals surface area contributed by atoms with Gasteiger partial charge in [-0.05, 0) is 17.7 Å². The van der Waals surface area contributed by atoms with Crippen molar-refractivity contribution >= 4 is 34.4 Å². The number of hydrogen-bond donors (Lipinski definition) is 2. The highest BCUT2D eigenvalue weighted by atomic mass is 32.2. The van der Waals surface area contributed by atoms with Gasteiger partial charge in [-0.25, -0.2) is 4.79 Å². The molecule has 0 heterocycles. The second-order valence-corrected chi connectivity index (χ2v) is 8.34. The second kappa shape index (κ2) is 12.1. The monoisotopic (exact) mass is 444 g/mol. The minimum atomic E-state index is -1.17. The van der Waals surface area contributed by atoms with E-state index >= 15 is 0 Å². The van der Waals surface area contributed by atoms with Crippen LogP contribution in [0.5, 0.6) is 0 Å². The SMILES string of the molecule is C[C@H](CSC(=O)c1ccccc1)C(=O)N[C@@H](COCc1cccc(N(C)C)c1)C(=O)O. The third kappa shape index (κ3) is 8.07. The Labute approximate surface area is 186 Å². The maximum Gasteiger partial charge on any atom is 0.328 e. The van der Waals surface area contributed by atoms with Gasteiger partial charge in [0.25, 0.3) is 0 Å². The topological polar surface area (TPSA) is 95.9 Å². The molecule has 2 aromatic carbocycles. The summed E-state index contributed by atoms with van der Waals surface area (Å²) in [6.45, 7) is 1.74. The fourth-order valence-electron chi connectivity index (χ4n) is 2.64. The van der Waals surface area contributed by atoms with Gasteiger partial charge in [0.15, 0.2) is 6.04 Å². The van der Waals surface area contributed by atoms with E-state index < -0.39 is 23.8 Å². The first-order valence-corrected chi connectivity index (χ1v) is 10.9. The van der Waals surface area contributed by atoms with Crippen molar-refractivity contribution in [3.63, 3.8) is 0 Å². The first-order chi connectivity index (χ1) is 14.8. The van der Waals surface area contributed by atoms with Crippen molar-refractivity contribution in [3.8, 4) is 0 Å². The summed E-state index contributed by atoms with van der Waals surface area (Å²) < 4.78 is 5.54. The van der Waals surface area contributed by atoms with E-state index in [1.165, 1.54) is 0 Å². The van der Waals surface area contributed by atoms with Crippen LogP contribution in [0.2, 0.25) is 0 Å². The molecule has 8 heteroatoms. The maximum absolute atomic E-state index is 12.4. The predicted molar refractivity (Wildman–Crippen MR) is 122 cm³/mol. The Kier molecular flexibility index (Phi) is 9.55. The summed E-state index contributed by atoms with van der Waals surface area (Å²) in [4.78, 5) is 38.1. The standard InChI is InChI=1S/C23H28N2O5S/c1-16(15-31-23(29)18-9-5-4-6-10-18)21(26)24-20(22(27)28)14-30-13-17-8-7-11-19(12-17)25(2)3/h4-12,16,20H,13-15H2,1-3H3,(H,24,26)(H,27,28)/t16-,20+/m1/s1.